The van der Waals surface area contributed by atoms with Crippen LogP contribution in [0.1, 0.15) is 11.7 Å². The fourth-order valence-electron chi connectivity index (χ4n) is 1.85. The minimum Gasteiger partial charge on any atom is -0.478 e. The van der Waals surface area contributed by atoms with Gasteiger partial charge in [0.2, 0.25) is 0 Å². The lowest BCUT2D eigenvalue weighted by atomic mass is 9.99. The van der Waals surface area contributed by atoms with Crippen molar-refractivity contribution >= 4 is 17.6 Å². The van der Waals surface area contributed by atoms with Gasteiger partial charge >= 0.3 is 5.97 Å². The summed E-state index contributed by atoms with van der Waals surface area (Å²) in [4.78, 5) is 11.2. The van der Waals surface area contributed by atoms with Gasteiger partial charge in [-0.05, 0) is 23.3 Å². The number of hydrogen-bond donors (Lipinski definition) is 1. The summed E-state index contributed by atoms with van der Waals surface area (Å²) in [5.74, 6) is -0.984. The molecule has 0 radical (unpaired) electrons. The predicted octanol–water partition coefficient (Wildman–Crippen LogP) is 2.98. The van der Waals surface area contributed by atoms with Crippen molar-refractivity contribution in [3.63, 3.8) is 0 Å². The minimum atomic E-state index is -0.984. The van der Waals surface area contributed by atoms with Crippen LogP contribution in [0, 0.1) is 0 Å². The Balaban J connectivity index is 2.44. The summed E-state index contributed by atoms with van der Waals surface area (Å²) in [7, 11) is 0. The average molecular weight is 251 g/mol. The van der Waals surface area contributed by atoms with E-state index in [2.05, 4.69) is 6.58 Å². The zero-order valence-electron chi connectivity index (χ0n) is 9.02. The number of halogens is 1. The van der Waals surface area contributed by atoms with Crippen molar-refractivity contribution in [3.8, 4) is 0 Å². The van der Waals surface area contributed by atoms with Crippen LogP contribution in [-0.4, -0.2) is 17.7 Å². The highest BCUT2D eigenvalue weighted by Crippen LogP contribution is 2.35. The van der Waals surface area contributed by atoms with E-state index in [0.29, 0.717) is 10.6 Å². The van der Waals surface area contributed by atoms with E-state index in [1.807, 2.05) is 0 Å². The molecule has 0 saturated heterocycles. The van der Waals surface area contributed by atoms with Gasteiger partial charge in [-0.15, -0.1) is 0 Å². The molecule has 0 saturated carbocycles. The Labute approximate surface area is 104 Å². The molecule has 88 valence electrons. The maximum atomic E-state index is 11.2. The largest absolute Gasteiger partial charge is 0.478 e. The molecule has 1 aliphatic rings. The van der Waals surface area contributed by atoms with Gasteiger partial charge in [0.05, 0.1) is 12.2 Å². The first kappa shape index (κ1) is 11.9. The minimum absolute atomic E-state index is 0.238. The summed E-state index contributed by atoms with van der Waals surface area (Å²) in [5, 5.41) is 9.76. The monoisotopic (exact) mass is 250 g/mol. The fraction of sp³-hybridized carbons (Fsp3) is 0.154. The molecule has 1 aliphatic heterocycles. The van der Waals surface area contributed by atoms with Gasteiger partial charge in [-0.25, -0.2) is 4.79 Å². The zero-order chi connectivity index (χ0) is 12.4. The Morgan fingerprint density at radius 2 is 2.35 bits per heavy atom. The maximum Gasteiger partial charge on any atom is 0.334 e. The molecule has 0 aliphatic carbocycles. The highest BCUT2D eigenvalue weighted by molar-refractivity contribution is 6.30. The third kappa shape index (κ3) is 2.25. The van der Waals surface area contributed by atoms with E-state index in [1.54, 1.807) is 24.3 Å². The average Bonchev–Trinajstić information content (AvgIpc) is 2.72. The van der Waals surface area contributed by atoms with Crippen molar-refractivity contribution < 1.29 is 14.6 Å². The van der Waals surface area contributed by atoms with Gasteiger partial charge in [0.15, 0.2) is 0 Å². The van der Waals surface area contributed by atoms with E-state index >= 15 is 0 Å². The Bertz CT molecular complexity index is 505. The van der Waals surface area contributed by atoms with Gasteiger partial charge in [-0.3, -0.25) is 0 Å². The van der Waals surface area contributed by atoms with Crippen molar-refractivity contribution in [2.75, 3.05) is 6.61 Å². The molecule has 1 aromatic carbocycles. The number of carboxylic acids is 1. The number of rotatable bonds is 3. The van der Waals surface area contributed by atoms with Crippen molar-refractivity contribution in [1.29, 1.82) is 0 Å². The Morgan fingerprint density at radius 3 is 2.94 bits per heavy atom. The molecule has 1 heterocycles. The SMILES string of the molecule is C=CC1=C(C(=O)O)C(c2cccc(Cl)c2)OC1. The lowest BCUT2D eigenvalue weighted by Crippen LogP contribution is -2.09. The smallest absolute Gasteiger partial charge is 0.334 e. The third-order valence-electron chi connectivity index (χ3n) is 2.64. The topological polar surface area (TPSA) is 46.5 Å². The van der Waals surface area contributed by atoms with E-state index < -0.39 is 12.1 Å². The Kier molecular flexibility index (Phi) is 3.31. The highest BCUT2D eigenvalue weighted by Gasteiger charge is 2.31. The molecule has 0 aromatic heterocycles. The second-order valence-electron chi connectivity index (χ2n) is 3.69. The first-order valence-corrected chi connectivity index (χ1v) is 5.47. The fourth-order valence-corrected chi connectivity index (χ4v) is 2.05. The lowest BCUT2D eigenvalue weighted by molar-refractivity contribution is -0.133. The molecule has 1 aromatic rings. The zero-order valence-corrected chi connectivity index (χ0v) is 9.78. The van der Waals surface area contributed by atoms with Crippen LogP contribution < -0.4 is 0 Å². The molecule has 2 rings (SSSR count). The molecular formula is C13H11ClO3. The molecule has 0 spiro atoms. The van der Waals surface area contributed by atoms with E-state index in [4.69, 9.17) is 16.3 Å². The third-order valence-corrected chi connectivity index (χ3v) is 2.88. The summed E-state index contributed by atoms with van der Waals surface area (Å²) < 4.78 is 5.49. The summed E-state index contributed by atoms with van der Waals surface area (Å²) in [6.45, 7) is 3.86. The maximum absolute atomic E-state index is 11.2. The van der Waals surface area contributed by atoms with Gasteiger partial charge in [0, 0.05) is 5.02 Å². The van der Waals surface area contributed by atoms with Crippen LogP contribution in [-0.2, 0) is 9.53 Å². The first-order valence-electron chi connectivity index (χ1n) is 5.09. The number of benzene rings is 1. The molecule has 4 heteroatoms. The first-order chi connectivity index (χ1) is 8.13. The van der Waals surface area contributed by atoms with Crippen LogP contribution in [0.25, 0.3) is 0 Å². The second-order valence-corrected chi connectivity index (χ2v) is 4.13. The molecule has 1 unspecified atom stereocenters. The summed E-state index contributed by atoms with van der Waals surface area (Å²) in [6, 6.07) is 7.01. The number of carboxylic acid groups (broad SMARTS) is 1. The van der Waals surface area contributed by atoms with Crippen molar-refractivity contribution in [1.82, 2.24) is 0 Å². The van der Waals surface area contributed by atoms with Crippen LogP contribution >= 0.6 is 11.6 Å². The summed E-state index contributed by atoms with van der Waals surface area (Å²) >= 11 is 5.88. The number of hydrogen-bond acceptors (Lipinski definition) is 2. The number of ether oxygens (including phenoxy) is 1. The van der Waals surface area contributed by atoms with Crippen LogP contribution in [0.15, 0.2) is 48.1 Å². The number of aliphatic carboxylic acids is 1. The molecule has 0 bridgehead atoms. The highest BCUT2D eigenvalue weighted by atomic mass is 35.5. The summed E-state index contributed by atoms with van der Waals surface area (Å²) in [5.41, 5.74) is 1.59. The van der Waals surface area contributed by atoms with Gasteiger partial charge in [-0.2, -0.15) is 0 Å². The molecule has 0 fully saturated rings. The molecule has 0 amide bonds. The van der Waals surface area contributed by atoms with E-state index in [1.165, 1.54) is 6.08 Å². The molecule has 1 N–H and O–H groups in total. The van der Waals surface area contributed by atoms with Crippen LogP contribution in [0.5, 0.6) is 0 Å². The lowest BCUT2D eigenvalue weighted by Gasteiger charge is -2.12. The second kappa shape index (κ2) is 4.73. The summed E-state index contributed by atoms with van der Waals surface area (Å²) in [6.07, 6.45) is 0.952. The Morgan fingerprint density at radius 1 is 1.59 bits per heavy atom. The van der Waals surface area contributed by atoms with E-state index in [-0.39, 0.29) is 12.2 Å². The predicted molar refractivity (Wildman–Crippen MR) is 65.0 cm³/mol. The van der Waals surface area contributed by atoms with Crippen LogP contribution in [0.2, 0.25) is 5.02 Å². The molecule has 3 nitrogen and oxygen atoms in total. The van der Waals surface area contributed by atoms with Gasteiger partial charge in [0.1, 0.15) is 6.10 Å². The standard InChI is InChI=1S/C13H11ClO3/c1-2-8-7-17-12(11(8)13(15)16)9-4-3-5-10(14)6-9/h2-6,12H,1,7H2,(H,15,16). The van der Waals surface area contributed by atoms with Crippen LogP contribution in [0.3, 0.4) is 0 Å². The van der Waals surface area contributed by atoms with Crippen LogP contribution in [0.4, 0.5) is 0 Å². The van der Waals surface area contributed by atoms with E-state index in [0.717, 1.165) is 5.56 Å². The number of carbonyl (C=O) groups is 1. The Hall–Kier alpha value is -1.58. The molecule has 1 atom stereocenters. The van der Waals surface area contributed by atoms with Gasteiger partial charge in [-0.1, -0.05) is 36.4 Å². The van der Waals surface area contributed by atoms with Crippen molar-refractivity contribution in [2.45, 2.75) is 6.10 Å². The van der Waals surface area contributed by atoms with Crippen molar-refractivity contribution in [3.05, 3.63) is 58.7 Å². The quantitative estimate of drug-likeness (QED) is 0.897. The molecular weight excluding hydrogens is 240 g/mol. The normalized spacial score (nSPS) is 19.5. The van der Waals surface area contributed by atoms with Gasteiger partial charge in [0.25, 0.3) is 0 Å². The molecule has 17 heavy (non-hydrogen) atoms. The van der Waals surface area contributed by atoms with Crippen molar-refractivity contribution in [2.24, 2.45) is 0 Å². The van der Waals surface area contributed by atoms with E-state index in [9.17, 15) is 9.90 Å². The van der Waals surface area contributed by atoms with Gasteiger partial charge < -0.3 is 9.84 Å².